The van der Waals surface area contributed by atoms with Gasteiger partial charge in [-0.25, -0.2) is 0 Å². The molecule has 3 heteroatoms. The Labute approximate surface area is 109 Å². The number of carbonyl (C=O) groups excluding carboxylic acids is 1. The highest BCUT2D eigenvalue weighted by Gasteiger charge is 2.55. The first kappa shape index (κ1) is 12.6. The van der Waals surface area contributed by atoms with Gasteiger partial charge in [0.2, 0.25) is 0 Å². The molecule has 0 radical (unpaired) electrons. The normalized spacial score (nSPS) is 43.1. The Hall–Kier alpha value is -0.410. The van der Waals surface area contributed by atoms with Gasteiger partial charge in [0, 0.05) is 5.41 Å². The molecule has 3 N–H and O–H groups in total. The van der Waals surface area contributed by atoms with Crippen LogP contribution in [0.4, 0.5) is 0 Å². The summed E-state index contributed by atoms with van der Waals surface area (Å²) in [6.07, 6.45) is 7.66. The van der Waals surface area contributed by atoms with E-state index >= 15 is 0 Å². The van der Waals surface area contributed by atoms with Crippen molar-refractivity contribution in [3.05, 3.63) is 0 Å². The molecular formula is C15H26NO2+. The van der Waals surface area contributed by atoms with Crippen molar-refractivity contribution >= 4 is 5.78 Å². The zero-order chi connectivity index (χ0) is 12.8. The van der Waals surface area contributed by atoms with Crippen molar-refractivity contribution in [3.63, 3.8) is 0 Å². The van der Waals surface area contributed by atoms with E-state index in [4.69, 9.17) is 5.11 Å². The van der Waals surface area contributed by atoms with Gasteiger partial charge in [-0.3, -0.25) is 4.79 Å². The van der Waals surface area contributed by atoms with Gasteiger partial charge < -0.3 is 10.4 Å². The van der Waals surface area contributed by atoms with E-state index < -0.39 is 0 Å². The third kappa shape index (κ3) is 2.01. The van der Waals surface area contributed by atoms with Gasteiger partial charge in [-0.05, 0) is 63.2 Å². The van der Waals surface area contributed by atoms with Crippen molar-refractivity contribution < 1.29 is 15.2 Å². The Kier molecular flexibility index (Phi) is 3.23. The second-order valence-electron chi connectivity index (χ2n) is 7.10. The van der Waals surface area contributed by atoms with Crippen LogP contribution in [0.25, 0.3) is 0 Å². The van der Waals surface area contributed by atoms with Crippen LogP contribution >= 0.6 is 0 Å². The molecule has 0 aromatic heterocycles. The minimum Gasteiger partial charge on any atom is -0.391 e. The van der Waals surface area contributed by atoms with Gasteiger partial charge in [0.1, 0.15) is 6.04 Å². The van der Waals surface area contributed by atoms with E-state index in [0.29, 0.717) is 12.3 Å². The van der Waals surface area contributed by atoms with Gasteiger partial charge in [-0.15, -0.1) is 0 Å². The van der Waals surface area contributed by atoms with Gasteiger partial charge >= 0.3 is 0 Å². The maximum atomic E-state index is 12.8. The van der Waals surface area contributed by atoms with Crippen LogP contribution in [-0.4, -0.2) is 30.1 Å². The highest BCUT2D eigenvalue weighted by molar-refractivity contribution is 5.88. The number of hydrogen-bond acceptors (Lipinski definition) is 2. The van der Waals surface area contributed by atoms with Gasteiger partial charge in [0.15, 0.2) is 5.78 Å². The first-order valence-corrected chi connectivity index (χ1v) is 7.61. The molecule has 4 rings (SSSR count). The summed E-state index contributed by atoms with van der Waals surface area (Å²) in [5, 5.41) is 10.9. The maximum absolute atomic E-state index is 12.8. The quantitative estimate of drug-likeness (QED) is 0.757. The second-order valence-corrected chi connectivity index (χ2v) is 7.10. The zero-order valence-electron chi connectivity index (χ0n) is 11.4. The Bertz CT molecular complexity index is 304. The fraction of sp³-hybridized carbons (Fsp3) is 0.933. The average molecular weight is 252 g/mol. The molecule has 0 aromatic carbocycles. The van der Waals surface area contributed by atoms with Crippen LogP contribution in [0.2, 0.25) is 0 Å². The van der Waals surface area contributed by atoms with Gasteiger partial charge in [-0.1, -0.05) is 0 Å². The third-order valence-corrected chi connectivity index (χ3v) is 5.62. The molecule has 0 aromatic rings. The topological polar surface area (TPSA) is 53.9 Å². The van der Waals surface area contributed by atoms with Crippen molar-refractivity contribution in [1.82, 2.24) is 0 Å². The highest BCUT2D eigenvalue weighted by atomic mass is 16.3. The van der Waals surface area contributed by atoms with Crippen LogP contribution < -0.4 is 5.32 Å². The first-order chi connectivity index (χ1) is 8.63. The van der Waals surface area contributed by atoms with Gasteiger partial charge in [-0.2, -0.15) is 0 Å². The lowest BCUT2D eigenvalue weighted by Crippen LogP contribution is -2.92. The number of ketones is 1. The van der Waals surface area contributed by atoms with Crippen LogP contribution in [0, 0.1) is 23.2 Å². The van der Waals surface area contributed by atoms with Crippen molar-refractivity contribution in [2.75, 3.05) is 13.2 Å². The van der Waals surface area contributed by atoms with E-state index in [2.05, 4.69) is 0 Å². The number of hydrogen-bond donors (Lipinski definition) is 2. The molecule has 4 aliphatic carbocycles. The summed E-state index contributed by atoms with van der Waals surface area (Å²) in [7, 11) is 0. The van der Waals surface area contributed by atoms with E-state index in [1.54, 1.807) is 0 Å². The average Bonchev–Trinajstić information content (AvgIpc) is 2.33. The van der Waals surface area contributed by atoms with Crippen LogP contribution in [0.1, 0.15) is 45.4 Å². The molecule has 0 unspecified atom stereocenters. The molecule has 4 fully saturated rings. The van der Waals surface area contributed by atoms with Crippen LogP contribution in [0.3, 0.4) is 0 Å². The summed E-state index contributed by atoms with van der Waals surface area (Å²) in [6, 6.07) is 0.0356. The molecule has 3 nitrogen and oxygen atoms in total. The van der Waals surface area contributed by atoms with Crippen molar-refractivity contribution in [3.8, 4) is 0 Å². The number of aliphatic hydroxyl groups is 1. The lowest BCUT2D eigenvalue weighted by Gasteiger charge is -2.56. The lowest BCUT2D eigenvalue weighted by atomic mass is 9.48. The molecule has 102 valence electrons. The number of aliphatic hydroxyl groups excluding tert-OH is 1. The van der Waals surface area contributed by atoms with Gasteiger partial charge in [0.05, 0.1) is 13.2 Å². The summed E-state index contributed by atoms with van der Waals surface area (Å²) < 4.78 is 0. The molecule has 1 atom stereocenters. The summed E-state index contributed by atoms with van der Waals surface area (Å²) in [5.74, 6) is 3.00. The monoisotopic (exact) mass is 252 g/mol. The molecule has 18 heavy (non-hydrogen) atoms. The first-order valence-electron chi connectivity index (χ1n) is 7.61. The third-order valence-electron chi connectivity index (χ3n) is 5.62. The minimum atomic E-state index is 0.0279. The Morgan fingerprint density at radius 2 is 1.72 bits per heavy atom. The van der Waals surface area contributed by atoms with Crippen LogP contribution in [0.5, 0.6) is 0 Å². The van der Waals surface area contributed by atoms with E-state index in [9.17, 15) is 4.79 Å². The fourth-order valence-electron chi connectivity index (χ4n) is 5.33. The van der Waals surface area contributed by atoms with Crippen LogP contribution in [-0.2, 0) is 4.79 Å². The summed E-state index contributed by atoms with van der Waals surface area (Å²) in [4.78, 5) is 12.8. The van der Waals surface area contributed by atoms with Crippen molar-refractivity contribution in [2.45, 2.75) is 51.5 Å². The molecule has 4 bridgehead atoms. The number of rotatable bonds is 5. The van der Waals surface area contributed by atoms with E-state index in [-0.39, 0.29) is 18.1 Å². The second kappa shape index (κ2) is 4.61. The smallest absolute Gasteiger partial charge is 0.195 e. The minimum absolute atomic E-state index is 0.0279. The van der Waals surface area contributed by atoms with Gasteiger partial charge in [0.25, 0.3) is 0 Å². The van der Waals surface area contributed by atoms with Crippen molar-refractivity contribution in [2.24, 2.45) is 23.2 Å². The molecule has 0 aliphatic heterocycles. The predicted molar refractivity (Wildman–Crippen MR) is 69.0 cm³/mol. The SMILES string of the molecule is C[C@@H]([NH2+]CCO)C(=O)C12CC3CC(CC(C3)C1)C2. The Morgan fingerprint density at radius 3 is 2.17 bits per heavy atom. The van der Waals surface area contributed by atoms with Crippen LogP contribution in [0.15, 0.2) is 0 Å². The van der Waals surface area contributed by atoms with Crippen molar-refractivity contribution in [1.29, 1.82) is 0 Å². The fourth-order valence-corrected chi connectivity index (χ4v) is 5.33. The zero-order valence-corrected chi connectivity index (χ0v) is 11.4. The largest absolute Gasteiger partial charge is 0.391 e. The summed E-state index contributed by atoms with van der Waals surface area (Å²) in [5.41, 5.74) is 0.0279. The number of Topliss-reactive ketones (excluding diaryl/α,β-unsaturated/α-hetero) is 1. The standard InChI is InChI=1S/C15H25NO2/c1-10(16-2-3-17)14(18)15-7-11-4-12(8-15)6-13(5-11)9-15/h10-13,16-17H,2-9H2,1H3/p+1/t10-,11?,12?,13?,15?/m1/s1. The molecule has 0 spiro atoms. The molecule has 0 heterocycles. The Morgan fingerprint density at radius 1 is 1.22 bits per heavy atom. The molecule has 4 aliphatic rings. The molecule has 0 saturated heterocycles. The maximum Gasteiger partial charge on any atom is 0.195 e. The lowest BCUT2D eigenvalue weighted by molar-refractivity contribution is -0.675. The molecule has 0 amide bonds. The number of carbonyl (C=O) groups is 1. The van der Waals surface area contributed by atoms with E-state index in [1.807, 2.05) is 12.2 Å². The summed E-state index contributed by atoms with van der Waals surface area (Å²) >= 11 is 0. The predicted octanol–water partition coefficient (Wildman–Crippen LogP) is 0.716. The van der Waals surface area contributed by atoms with E-state index in [0.717, 1.165) is 37.0 Å². The number of quaternary nitrogens is 1. The Balaban J connectivity index is 1.72. The molecule has 4 saturated carbocycles. The highest BCUT2D eigenvalue weighted by Crippen LogP contribution is 2.60. The molecular weight excluding hydrogens is 226 g/mol. The summed E-state index contributed by atoms with van der Waals surface area (Å²) in [6.45, 7) is 2.84. The van der Waals surface area contributed by atoms with E-state index in [1.165, 1.54) is 19.3 Å². The number of nitrogens with two attached hydrogens (primary N) is 1.